The number of rotatable bonds is 4. The lowest BCUT2D eigenvalue weighted by Crippen LogP contribution is -2.01. The van der Waals surface area contributed by atoms with E-state index in [0.717, 1.165) is 0 Å². The Bertz CT molecular complexity index is 716. The van der Waals surface area contributed by atoms with Gasteiger partial charge in [0.1, 0.15) is 29.0 Å². The second-order valence-electron chi connectivity index (χ2n) is 4.33. The van der Waals surface area contributed by atoms with Crippen LogP contribution < -0.4 is 5.32 Å². The van der Waals surface area contributed by atoms with Crippen LogP contribution in [-0.2, 0) is 11.3 Å². The molecule has 0 unspecified atom stereocenters. The summed E-state index contributed by atoms with van der Waals surface area (Å²) >= 11 is 0. The number of carbonyl (C=O) groups excluding carboxylic acids is 1. The van der Waals surface area contributed by atoms with Gasteiger partial charge in [-0.3, -0.25) is 0 Å². The highest BCUT2D eigenvalue weighted by molar-refractivity contribution is 5.90. The van der Waals surface area contributed by atoms with Crippen LogP contribution in [-0.4, -0.2) is 13.1 Å². The predicted molar refractivity (Wildman–Crippen MR) is 73.2 cm³/mol. The van der Waals surface area contributed by atoms with Gasteiger partial charge in [0.2, 0.25) is 0 Å². The van der Waals surface area contributed by atoms with E-state index in [9.17, 15) is 9.18 Å². The highest BCUT2D eigenvalue weighted by Gasteiger charge is 2.15. The van der Waals surface area contributed by atoms with Gasteiger partial charge in [-0.25, -0.2) is 9.18 Å². The fraction of sp³-hybridized carbons (Fsp3) is 0.200. The average molecular weight is 288 g/mol. The topological polar surface area (TPSA) is 75.3 Å². The number of hydrogen-bond donors (Lipinski definition) is 1. The van der Waals surface area contributed by atoms with Crippen LogP contribution >= 0.6 is 0 Å². The minimum Gasteiger partial charge on any atom is -0.465 e. The average Bonchev–Trinajstić information content (AvgIpc) is 2.86. The van der Waals surface area contributed by atoms with Crippen LogP contribution in [0.1, 0.15) is 27.4 Å². The van der Waals surface area contributed by atoms with E-state index in [1.165, 1.54) is 25.3 Å². The fourth-order valence-electron chi connectivity index (χ4n) is 1.85. The molecule has 0 bridgehead atoms. The Hall–Kier alpha value is -2.81. The summed E-state index contributed by atoms with van der Waals surface area (Å²) < 4.78 is 23.3. The van der Waals surface area contributed by atoms with Crippen LogP contribution in [0.3, 0.4) is 0 Å². The zero-order valence-corrected chi connectivity index (χ0v) is 11.6. The monoisotopic (exact) mass is 288 g/mol. The van der Waals surface area contributed by atoms with Gasteiger partial charge in [0, 0.05) is 5.69 Å². The zero-order chi connectivity index (χ0) is 15.4. The first kappa shape index (κ1) is 14.6. The molecule has 0 aliphatic carbocycles. The van der Waals surface area contributed by atoms with E-state index in [-0.39, 0.29) is 5.56 Å². The van der Waals surface area contributed by atoms with Gasteiger partial charge in [-0.15, -0.1) is 0 Å². The summed E-state index contributed by atoms with van der Waals surface area (Å²) in [6.07, 6.45) is 0. The molecule has 2 aromatic rings. The molecule has 1 aromatic carbocycles. The zero-order valence-electron chi connectivity index (χ0n) is 11.6. The van der Waals surface area contributed by atoms with Crippen molar-refractivity contribution in [1.29, 1.82) is 5.26 Å². The number of benzene rings is 1. The molecule has 0 aliphatic heterocycles. The lowest BCUT2D eigenvalue weighted by molar-refractivity contribution is 0.0599. The van der Waals surface area contributed by atoms with E-state index in [2.05, 4.69) is 10.1 Å². The Morgan fingerprint density at radius 2 is 2.24 bits per heavy atom. The first-order chi connectivity index (χ1) is 10.0. The number of esters is 1. The second-order valence-corrected chi connectivity index (χ2v) is 4.33. The molecule has 0 fully saturated rings. The van der Waals surface area contributed by atoms with Crippen LogP contribution in [0.2, 0.25) is 0 Å². The number of nitriles is 1. The normalized spacial score (nSPS) is 10.0. The molecule has 6 heteroatoms. The van der Waals surface area contributed by atoms with Crippen molar-refractivity contribution in [2.24, 2.45) is 0 Å². The summed E-state index contributed by atoms with van der Waals surface area (Å²) in [6, 6.07) is 7.50. The summed E-state index contributed by atoms with van der Waals surface area (Å²) in [7, 11) is 1.30. The maximum Gasteiger partial charge on any atom is 0.341 e. The molecule has 0 saturated carbocycles. The van der Waals surface area contributed by atoms with Crippen LogP contribution in [0.15, 0.2) is 28.7 Å². The van der Waals surface area contributed by atoms with Gasteiger partial charge in [0.25, 0.3) is 0 Å². The van der Waals surface area contributed by atoms with E-state index < -0.39 is 11.8 Å². The van der Waals surface area contributed by atoms with Gasteiger partial charge >= 0.3 is 5.97 Å². The Morgan fingerprint density at radius 1 is 1.48 bits per heavy atom. The molecule has 1 heterocycles. The van der Waals surface area contributed by atoms with Gasteiger partial charge in [0.05, 0.1) is 19.2 Å². The summed E-state index contributed by atoms with van der Waals surface area (Å²) in [5.74, 6) is -0.0212. The second kappa shape index (κ2) is 6.09. The van der Waals surface area contributed by atoms with E-state index in [4.69, 9.17) is 9.68 Å². The number of carbonyl (C=O) groups is 1. The van der Waals surface area contributed by atoms with Crippen molar-refractivity contribution < 1.29 is 18.3 Å². The SMILES string of the molecule is COC(=O)c1cc(CNc2ccc(F)c(C#N)c2)oc1C. The van der Waals surface area contributed by atoms with Crippen LogP contribution in [0.5, 0.6) is 0 Å². The molecule has 0 atom stereocenters. The van der Waals surface area contributed by atoms with Crippen LogP contribution in [0.4, 0.5) is 10.1 Å². The van der Waals surface area contributed by atoms with Crippen molar-refractivity contribution in [3.63, 3.8) is 0 Å². The Labute approximate surface area is 120 Å². The van der Waals surface area contributed by atoms with Crippen LogP contribution in [0, 0.1) is 24.1 Å². The first-order valence-corrected chi connectivity index (χ1v) is 6.16. The fourth-order valence-corrected chi connectivity index (χ4v) is 1.85. The summed E-state index contributed by atoms with van der Waals surface area (Å²) in [4.78, 5) is 11.5. The van der Waals surface area contributed by atoms with E-state index in [0.29, 0.717) is 29.3 Å². The molecule has 2 rings (SSSR count). The number of anilines is 1. The van der Waals surface area contributed by atoms with Crippen molar-refractivity contribution in [1.82, 2.24) is 0 Å². The third kappa shape index (κ3) is 3.20. The number of nitrogens with one attached hydrogen (secondary N) is 1. The molecular formula is C15H13FN2O3. The number of aryl methyl sites for hydroxylation is 1. The number of ether oxygens (including phenoxy) is 1. The van der Waals surface area contributed by atoms with E-state index in [1.807, 2.05) is 0 Å². The van der Waals surface area contributed by atoms with Crippen molar-refractivity contribution in [3.8, 4) is 6.07 Å². The maximum atomic E-state index is 13.2. The van der Waals surface area contributed by atoms with Gasteiger partial charge < -0.3 is 14.5 Å². The van der Waals surface area contributed by atoms with Crippen LogP contribution in [0.25, 0.3) is 0 Å². The lowest BCUT2D eigenvalue weighted by Gasteiger charge is -2.04. The molecule has 5 nitrogen and oxygen atoms in total. The van der Waals surface area contributed by atoms with Gasteiger partial charge in [-0.1, -0.05) is 0 Å². The third-order valence-electron chi connectivity index (χ3n) is 2.93. The molecule has 0 radical (unpaired) electrons. The van der Waals surface area contributed by atoms with Crippen molar-refractivity contribution in [2.75, 3.05) is 12.4 Å². The number of nitrogens with zero attached hydrogens (tertiary/aromatic N) is 1. The predicted octanol–water partition coefficient (Wildman–Crippen LogP) is 3.00. The minimum atomic E-state index is -0.565. The maximum absolute atomic E-state index is 13.2. The molecule has 1 aromatic heterocycles. The molecule has 108 valence electrons. The quantitative estimate of drug-likeness (QED) is 0.875. The third-order valence-corrected chi connectivity index (χ3v) is 2.93. The molecule has 0 saturated heterocycles. The molecule has 0 amide bonds. The standard InChI is InChI=1S/C15H13FN2O3/c1-9-13(15(19)20-2)6-12(21-9)8-18-11-3-4-14(16)10(5-11)7-17/h3-6,18H,8H2,1-2H3. The summed E-state index contributed by atoms with van der Waals surface area (Å²) in [6.45, 7) is 1.97. The molecular weight excluding hydrogens is 275 g/mol. The van der Waals surface area contributed by atoms with E-state index in [1.54, 1.807) is 19.1 Å². The molecule has 21 heavy (non-hydrogen) atoms. The number of furan rings is 1. The Balaban J connectivity index is 2.10. The Kier molecular flexibility index (Phi) is 4.24. The number of hydrogen-bond acceptors (Lipinski definition) is 5. The highest BCUT2D eigenvalue weighted by atomic mass is 19.1. The minimum absolute atomic E-state index is 0.0362. The van der Waals surface area contributed by atoms with Gasteiger partial charge in [-0.2, -0.15) is 5.26 Å². The largest absolute Gasteiger partial charge is 0.465 e. The smallest absolute Gasteiger partial charge is 0.341 e. The van der Waals surface area contributed by atoms with Gasteiger partial charge in [0.15, 0.2) is 0 Å². The van der Waals surface area contributed by atoms with Gasteiger partial charge in [-0.05, 0) is 31.2 Å². The number of methoxy groups -OCH3 is 1. The molecule has 0 spiro atoms. The van der Waals surface area contributed by atoms with Crippen molar-refractivity contribution >= 4 is 11.7 Å². The summed E-state index contributed by atoms with van der Waals surface area (Å²) in [5, 5.41) is 11.8. The molecule has 0 aliphatic rings. The summed E-state index contributed by atoms with van der Waals surface area (Å²) in [5.41, 5.74) is 0.915. The first-order valence-electron chi connectivity index (χ1n) is 6.16. The number of halogens is 1. The van der Waals surface area contributed by atoms with E-state index >= 15 is 0 Å². The highest BCUT2D eigenvalue weighted by Crippen LogP contribution is 2.18. The molecule has 1 N–H and O–H groups in total. The van der Waals surface area contributed by atoms with Crippen molar-refractivity contribution in [2.45, 2.75) is 13.5 Å². The Morgan fingerprint density at radius 3 is 2.90 bits per heavy atom. The lowest BCUT2D eigenvalue weighted by atomic mass is 10.2. The van der Waals surface area contributed by atoms with Crippen molar-refractivity contribution in [3.05, 3.63) is 52.7 Å².